The standard InChI is InChI=1S/C22H36N4O3S/c1-15-14-26(2)22(30-15)25-24-21(29)19(27)18(16-10-8-5-9-11-16)23-20(28)17-12-6-3-4-7-13-17/h15-18H,3-14H2,1-2H3,(H,23,28)(H,24,29)/b25-22-/t15-,18?/m1/s1. The third-order valence-corrected chi connectivity index (χ3v) is 7.73. The molecule has 3 aliphatic rings. The molecule has 0 bridgehead atoms. The van der Waals surface area contributed by atoms with Crippen molar-refractivity contribution in [2.45, 2.75) is 88.8 Å². The SMILES string of the molecule is C[C@@H]1CN(C)/C(=N/NC(=O)C(=O)C(NC(=O)C2CCCCCC2)C2CCCCC2)S1. The lowest BCUT2D eigenvalue weighted by Crippen LogP contribution is -2.52. The summed E-state index contributed by atoms with van der Waals surface area (Å²) in [5.41, 5.74) is 2.44. The number of Topliss-reactive ketones (excluding diaryl/α,β-unsaturated/α-hetero) is 1. The Bertz CT molecular complexity index is 655. The minimum Gasteiger partial charge on any atom is -0.352 e. The van der Waals surface area contributed by atoms with Crippen molar-refractivity contribution < 1.29 is 14.4 Å². The van der Waals surface area contributed by atoms with Gasteiger partial charge in [-0.15, -0.1) is 5.10 Å². The van der Waals surface area contributed by atoms with Crippen molar-refractivity contribution in [1.29, 1.82) is 0 Å². The number of rotatable bonds is 6. The molecule has 1 aliphatic heterocycles. The second-order valence-corrected chi connectivity index (χ2v) is 10.5. The van der Waals surface area contributed by atoms with E-state index in [-0.39, 0.29) is 17.7 Å². The third-order valence-electron chi connectivity index (χ3n) is 6.57. The number of hydrogen-bond donors (Lipinski definition) is 2. The lowest BCUT2D eigenvalue weighted by Gasteiger charge is -2.30. The molecule has 3 rings (SSSR count). The van der Waals surface area contributed by atoms with Crippen molar-refractivity contribution in [3.8, 4) is 0 Å². The molecule has 0 aromatic rings. The average Bonchev–Trinajstić information content (AvgIpc) is 2.93. The van der Waals surface area contributed by atoms with Gasteiger partial charge in [-0.2, -0.15) is 0 Å². The molecule has 3 fully saturated rings. The number of nitrogens with one attached hydrogen (secondary N) is 2. The summed E-state index contributed by atoms with van der Waals surface area (Å²) >= 11 is 1.58. The quantitative estimate of drug-likeness (QED) is 0.379. The van der Waals surface area contributed by atoms with Gasteiger partial charge in [-0.05, 0) is 31.6 Å². The van der Waals surface area contributed by atoms with Gasteiger partial charge in [0.15, 0.2) is 5.17 Å². The van der Waals surface area contributed by atoms with Crippen LogP contribution in [0.5, 0.6) is 0 Å². The van der Waals surface area contributed by atoms with Crippen LogP contribution >= 0.6 is 11.8 Å². The van der Waals surface area contributed by atoms with Gasteiger partial charge >= 0.3 is 5.91 Å². The first-order valence-corrected chi connectivity index (χ1v) is 12.4. The smallest absolute Gasteiger partial charge is 0.309 e. The maximum absolute atomic E-state index is 13.1. The highest BCUT2D eigenvalue weighted by molar-refractivity contribution is 8.14. The lowest BCUT2D eigenvalue weighted by atomic mass is 9.81. The zero-order chi connectivity index (χ0) is 21.5. The first-order chi connectivity index (χ1) is 14.5. The van der Waals surface area contributed by atoms with Crippen LogP contribution in [0.25, 0.3) is 0 Å². The molecule has 2 aliphatic carbocycles. The van der Waals surface area contributed by atoms with E-state index in [2.05, 4.69) is 22.8 Å². The fourth-order valence-electron chi connectivity index (χ4n) is 4.86. The van der Waals surface area contributed by atoms with Crippen molar-refractivity contribution in [3.63, 3.8) is 0 Å². The van der Waals surface area contributed by atoms with Crippen molar-refractivity contribution in [3.05, 3.63) is 0 Å². The third kappa shape index (κ3) is 6.22. The van der Waals surface area contributed by atoms with Crippen LogP contribution in [0.2, 0.25) is 0 Å². The van der Waals surface area contributed by atoms with Gasteiger partial charge < -0.3 is 10.2 Å². The molecule has 0 aromatic carbocycles. The average molecular weight is 437 g/mol. The van der Waals surface area contributed by atoms with Crippen LogP contribution in [0.15, 0.2) is 5.10 Å². The zero-order valence-corrected chi connectivity index (χ0v) is 19.1. The minimum atomic E-state index is -0.742. The number of carbonyl (C=O) groups excluding carboxylic acids is 3. The van der Waals surface area contributed by atoms with Crippen LogP contribution in [-0.4, -0.2) is 52.5 Å². The molecule has 168 valence electrons. The molecule has 1 saturated heterocycles. The molecule has 2 N–H and O–H groups in total. The second kappa shape index (κ2) is 11.2. The Kier molecular flexibility index (Phi) is 8.60. The van der Waals surface area contributed by atoms with E-state index in [0.29, 0.717) is 10.4 Å². The van der Waals surface area contributed by atoms with E-state index >= 15 is 0 Å². The fraction of sp³-hybridized carbons (Fsp3) is 0.818. The Labute approximate surface area is 184 Å². The Balaban J connectivity index is 1.66. The molecule has 2 amide bonds. The van der Waals surface area contributed by atoms with E-state index < -0.39 is 17.7 Å². The van der Waals surface area contributed by atoms with E-state index in [4.69, 9.17) is 0 Å². The molecular weight excluding hydrogens is 400 g/mol. The predicted molar refractivity (Wildman–Crippen MR) is 120 cm³/mol. The van der Waals surface area contributed by atoms with Gasteiger partial charge in [-0.3, -0.25) is 14.4 Å². The van der Waals surface area contributed by atoms with Gasteiger partial charge in [0, 0.05) is 24.8 Å². The zero-order valence-electron chi connectivity index (χ0n) is 18.3. The van der Waals surface area contributed by atoms with E-state index in [1.165, 1.54) is 12.8 Å². The van der Waals surface area contributed by atoms with Gasteiger partial charge in [0.1, 0.15) is 6.04 Å². The summed E-state index contributed by atoms with van der Waals surface area (Å²) in [6, 6.07) is -0.742. The molecule has 1 heterocycles. The summed E-state index contributed by atoms with van der Waals surface area (Å²) in [4.78, 5) is 40.6. The highest BCUT2D eigenvalue weighted by atomic mass is 32.2. The van der Waals surface area contributed by atoms with Crippen LogP contribution in [0.1, 0.15) is 77.6 Å². The van der Waals surface area contributed by atoms with Gasteiger partial charge in [0.05, 0.1) is 0 Å². The number of amidine groups is 1. The topological polar surface area (TPSA) is 90.9 Å². The summed E-state index contributed by atoms with van der Waals surface area (Å²) in [5.74, 6) is -1.36. The molecule has 0 aromatic heterocycles. The van der Waals surface area contributed by atoms with Crippen LogP contribution in [-0.2, 0) is 14.4 Å². The van der Waals surface area contributed by atoms with Crippen LogP contribution in [0.4, 0.5) is 0 Å². The molecule has 0 spiro atoms. The maximum atomic E-state index is 13.1. The number of ketones is 1. The highest BCUT2D eigenvalue weighted by Crippen LogP contribution is 2.29. The molecule has 30 heavy (non-hydrogen) atoms. The second-order valence-electron chi connectivity index (χ2n) is 9.08. The summed E-state index contributed by atoms with van der Waals surface area (Å²) in [7, 11) is 1.92. The van der Waals surface area contributed by atoms with E-state index in [1.54, 1.807) is 11.8 Å². The van der Waals surface area contributed by atoms with E-state index in [9.17, 15) is 14.4 Å². The van der Waals surface area contributed by atoms with Gasteiger partial charge in [-0.1, -0.05) is 63.6 Å². The van der Waals surface area contributed by atoms with Crippen molar-refractivity contribution >= 4 is 34.5 Å². The number of nitrogens with zero attached hydrogens (tertiary/aromatic N) is 2. The largest absolute Gasteiger partial charge is 0.352 e. The van der Waals surface area contributed by atoms with Crippen LogP contribution in [0.3, 0.4) is 0 Å². The Morgan fingerprint density at radius 2 is 1.60 bits per heavy atom. The Morgan fingerprint density at radius 1 is 1.00 bits per heavy atom. The number of thioether (sulfide) groups is 1. The number of carbonyl (C=O) groups is 3. The van der Waals surface area contributed by atoms with Crippen LogP contribution in [0, 0.1) is 11.8 Å². The van der Waals surface area contributed by atoms with Crippen molar-refractivity contribution in [2.75, 3.05) is 13.6 Å². The number of hydrazone groups is 1. The highest BCUT2D eigenvalue weighted by Gasteiger charge is 2.36. The normalized spacial score (nSPS) is 26.3. The molecular formula is C22H36N4O3S. The van der Waals surface area contributed by atoms with Crippen molar-refractivity contribution in [1.82, 2.24) is 15.6 Å². The molecule has 2 saturated carbocycles. The first kappa shape index (κ1) is 23.1. The predicted octanol–water partition coefficient (Wildman–Crippen LogP) is 3.05. The molecule has 7 nitrogen and oxygen atoms in total. The summed E-state index contributed by atoms with van der Waals surface area (Å²) < 4.78 is 0. The summed E-state index contributed by atoms with van der Waals surface area (Å²) in [6.07, 6.45) is 11.2. The van der Waals surface area contributed by atoms with Gasteiger partial charge in [0.2, 0.25) is 11.7 Å². The summed E-state index contributed by atoms with van der Waals surface area (Å²) in [6.45, 7) is 2.95. The number of amides is 2. The van der Waals surface area contributed by atoms with Crippen molar-refractivity contribution in [2.24, 2.45) is 16.9 Å². The molecule has 1 unspecified atom stereocenters. The maximum Gasteiger partial charge on any atom is 0.309 e. The molecule has 2 atom stereocenters. The van der Waals surface area contributed by atoms with Crippen LogP contribution < -0.4 is 10.7 Å². The van der Waals surface area contributed by atoms with Gasteiger partial charge in [0.25, 0.3) is 0 Å². The molecule has 0 radical (unpaired) electrons. The number of hydrogen-bond acceptors (Lipinski definition) is 5. The molecule has 8 heteroatoms. The Hall–Kier alpha value is -1.57. The fourth-order valence-corrected chi connectivity index (χ4v) is 5.87. The van der Waals surface area contributed by atoms with E-state index in [1.807, 2.05) is 11.9 Å². The lowest BCUT2D eigenvalue weighted by molar-refractivity contribution is -0.141. The van der Waals surface area contributed by atoms with Gasteiger partial charge in [-0.25, -0.2) is 5.43 Å². The Morgan fingerprint density at radius 3 is 2.20 bits per heavy atom. The first-order valence-electron chi connectivity index (χ1n) is 11.6. The minimum absolute atomic E-state index is 0.0305. The monoisotopic (exact) mass is 436 g/mol. The van der Waals surface area contributed by atoms with E-state index in [0.717, 1.165) is 64.3 Å². The summed E-state index contributed by atoms with van der Waals surface area (Å²) in [5, 5.41) is 8.26.